The van der Waals surface area contributed by atoms with Crippen molar-refractivity contribution < 1.29 is 9.53 Å². The largest absolute Gasteiger partial charge is 0.444 e. The van der Waals surface area contributed by atoms with Crippen molar-refractivity contribution in [3.63, 3.8) is 0 Å². The summed E-state index contributed by atoms with van der Waals surface area (Å²) in [6, 6.07) is 8.18. The zero-order valence-electron chi connectivity index (χ0n) is 10.1. The molecule has 1 unspecified atom stereocenters. The van der Waals surface area contributed by atoms with Gasteiger partial charge >= 0.3 is 6.09 Å². The van der Waals surface area contributed by atoms with Gasteiger partial charge in [0.15, 0.2) is 0 Å². The number of nitrogens with two attached hydrogens (primary N) is 1. The van der Waals surface area contributed by atoms with Crippen LogP contribution in [-0.4, -0.2) is 30.2 Å². The molecule has 0 bridgehead atoms. The first kappa shape index (κ1) is 11.9. The highest BCUT2D eigenvalue weighted by atomic mass is 16.6. The molecule has 1 aromatic carbocycles. The SMILES string of the molecule is Cc1ccc(CN2CC(CCN)OC2=O)cc1. The van der Waals surface area contributed by atoms with E-state index in [1.165, 1.54) is 5.56 Å². The normalized spacial score (nSPS) is 19.5. The van der Waals surface area contributed by atoms with Crippen molar-refractivity contribution in [1.82, 2.24) is 4.90 Å². The molecule has 17 heavy (non-hydrogen) atoms. The molecular formula is C13H18N2O2. The van der Waals surface area contributed by atoms with Gasteiger partial charge in [-0.1, -0.05) is 29.8 Å². The van der Waals surface area contributed by atoms with E-state index in [4.69, 9.17) is 10.5 Å². The fourth-order valence-corrected chi connectivity index (χ4v) is 1.95. The van der Waals surface area contributed by atoms with Crippen LogP contribution in [0.25, 0.3) is 0 Å². The van der Waals surface area contributed by atoms with Crippen LogP contribution in [-0.2, 0) is 11.3 Å². The van der Waals surface area contributed by atoms with Gasteiger partial charge in [-0.05, 0) is 25.5 Å². The number of hydrogen-bond donors (Lipinski definition) is 1. The fraction of sp³-hybridized carbons (Fsp3) is 0.462. The van der Waals surface area contributed by atoms with Crippen molar-refractivity contribution >= 4 is 6.09 Å². The van der Waals surface area contributed by atoms with Crippen molar-refractivity contribution in [2.45, 2.75) is 26.0 Å². The van der Waals surface area contributed by atoms with Crippen molar-refractivity contribution in [1.29, 1.82) is 0 Å². The zero-order valence-corrected chi connectivity index (χ0v) is 10.1. The number of amides is 1. The Morgan fingerprint density at radius 3 is 2.76 bits per heavy atom. The summed E-state index contributed by atoms with van der Waals surface area (Å²) < 4.78 is 5.22. The summed E-state index contributed by atoms with van der Waals surface area (Å²) >= 11 is 0. The molecule has 4 nitrogen and oxygen atoms in total. The number of cyclic esters (lactones) is 1. The average molecular weight is 234 g/mol. The molecule has 4 heteroatoms. The lowest BCUT2D eigenvalue weighted by atomic mass is 10.1. The van der Waals surface area contributed by atoms with Crippen LogP contribution in [0.3, 0.4) is 0 Å². The predicted molar refractivity (Wildman–Crippen MR) is 65.5 cm³/mol. The third-order valence-corrected chi connectivity index (χ3v) is 2.93. The number of nitrogens with zero attached hydrogens (tertiary/aromatic N) is 1. The fourth-order valence-electron chi connectivity index (χ4n) is 1.95. The van der Waals surface area contributed by atoms with Gasteiger partial charge in [-0.3, -0.25) is 0 Å². The van der Waals surface area contributed by atoms with E-state index < -0.39 is 0 Å². The smallest absolute Gasteiger partial charge is 0.410 e. The maximum atomic E-state index is 11.6. The average Bonchev–Trinajstić information content (AvgIpc) is 2.63. The second-order valence-corrected chi connectivity index (χ2v) is 4.45. The Balaban J connectivity index is 1.95. The van der Waals surface area contributed by atoms with Crippen LogP contribution < -0.4 is 5.73 Å². The first-order chi connectivity index (χ1) is 8.19. The van der Waals surface area contributed by atoms with Crippen molar-refractivity contribution in [3.8, 4) is 0 Å². The Kier molecular flexibility index (Phi) is 3.64. The lowest BCUT2D eigenvalue weighted by Crippen LogP contribution is -2.25. The van der Waals surface area contributed by atoms with Crippen LogP contribution in [0.4, 0.5) is 4.79 Å². The van der Waals surface area contributed by atoms with Gasteiger partial charge in [-0.25, -0.2) is 4.79 Å². The Bertz CT molecular complexity index is 389. The second kappa shape index (κ2) is 5.19. The van der Waals surface area contributed by atoms with Gasteiger partial charge in [0.05, 0.1) is 6.54 Å². The summed E-state index contributed by atoms with van der Waals surface area (Å²) in [6.07, 6.45) is 0.456. The van der Waals surface area contributed by atoms with Crippen molar-refractivity contribution in [3.05, 3.63) is 35.4 Å². The summed E-state index contributed by atoms with van der Waals surface area (Å²) in [4.78, 5) is 13.3. The third-order valence-electron chi connectivity index (χ3n) is 2.93. The van der Waals surface area contributed by atoms with E-state index in [1.807, 2.05) is 31.2 Å². The first-order valence-corrected chi connectivity index (χ1v) is 5.90. The van der Waals surface area contributed by atoms with Crippen molar-refractivity contribution in [2.24, 2.45) is 5.73 Å². The van der Waals surface area contributed by atoms with Crippen LogP contribution in [0.2, 0.25) is 0 Å². The van der Waals surface area contributed by atoms with Crippen LogP contribution in [0.1, 0.15) is 17.5 Å². The molecule has 1 aliphatic heterocycles. The number of hydrogen-bond acceptors (Lipinski definition) is 3. The van der Waals surface area contributed by atoms with E-state index in [9.17, 15) is 4.79 Å². The van der Waals surface area contributed by atoms with E-state index >= 15 is 0 Å². The Morgan fingerprint density at radius 2 is 2.12 bits per heavy atom. The second-order valence-electron chi connectivity index (χ2n) is 4.45. The maximum absolute atomic E-state index is 11.6. The molecule has 1 amide bonds. The van der Waals surface area contributed by atoms with Crippen LogP contribution in [0, 0.1) is 6.92 Å². The summed E-state index contributed by atoms with van der Waals surface area (Å²) in [6.45, 7) is 3.85. The Labute approximate surface area is 101 Å². The Morgan fingerprint density at radius 1 is 1.41 bits per heavy atom. The van der Waals surface area contributed by atoms with Crippen molar-refractivity contribution in [2.75, 3.05) is 13.1 Å². The van der Waals surface area contributed by atoms with E-state index in [2.05, 4.69) is 0 Å². The highest BCUT2D eigenvalue weighted by Crippen LogP contribution is 2.17. The molecule has 92 valence electrons. The van der Waals surface area contributed by atoms with E-state index in [0.29, 0.717) is 19.6 Å². The van der Waals surface area contributed by atoms with Gasteiger partial charge in [0.1, 0.15) is 6.10 Å². The van der Waals surface area contributed by atoms with Gasteiger partial charge in [-0.15, -0.1) is 0 Å². The molecule has 2 N–H and O–H groups in total. The third kappa shape index (κ3) is 2.97. The quantitative estimate of drug-likeness (QED) is 0.862. The monoisotopic (exact) mass is 234 g/mol. The van der Waals surface area contributed by atoms with E-state index in [0.717, 1.165) is 12.0 Å². The van der Waals surface area contributed by atoms with Crippen LogP contribution >= 0.6 is 0 Å². The van der Waals surface area contributed by atoms with Gasteiger partial charge in [0.2, 0.25) is 0 Å². The topological polar surface area (TPSA) is 55.6 Å². The number of aryl methyl sites for hydroxylation is 1. The van der Waals surface area contributed by atoms with Gasteiger partial charge in [-0.2, -0.15) is 0 Å². The van der Waals surface area contributed by atoms with Gasteiger partial charge in [0.25, 0.3) is 0 Å². The minimum atomic E-state index is -0.232. The molecule has 0 saturated carbocycles. The van der Waals surface area contributed by atoms with Crippen LogP contribution in [0.5, 0.6) is 0 Å². The van der Waals surface area contributed by atoms with E-state index in [1.54, 1.807) is 4.90 Å². The summed E-state index contributed by atoms with van der Waals surface area (Å²) in [5.74, 6) is 0. The maximum Gasteiger partial charge on any atom is 0.410 e. The molecule has 2 rings (SSSR count). The number of carbonyl (C=O) groups excluding carboxylic acids is 1. The molecule has 1 fully saturated rings. The molecule has 0 aliphatic carbocycles. The number of benzene rings is 1. The predicted octanol–water partition coefficient (Wildman–Crippen LogP) is 1.66. The lowest BCUT2D eigenvalue weighted by Gasteiger charge is -2.12. The summed E-state index contributed by atoms with van der Waals surface area (Å²) in [5.41, 5.74) is 7.81. The Hall–Kier alpha value is -1.55. The summed E-state index contributed by atoms with van der Waals surface area (Å²) in [7, 11) is 0. The molecule has 1 heterocycles. The molecule has 1 aromatic rings. The molecule has 0 aromatic heterocycles. The first-order valence-electron chi connectivity index (χ1n) is 5.90. The molecule has 0 radical (unpaired) electrons. The minimum Gasteiger partial charge on any atom is -0.444 e. The zero-order chi connectivity index (χ0) is 12.3. The number of ether oxygens (including phenoxy) is 1. The van der Waals surface area contributed by atoms with Crippen LogP contribution in [0.15, 0.2) is 24.3 Å². The standard InChI is InChI=1S/C13H18N2O2/c1-10-2-4-11(5-3-10)8-15-9-12(6-7-14)17-13(15)16/h2-5,12H,6-9,14H2,1H3. The molecule has 1 saturated heterocycles. The highest BCUT2D eigenvalue weighted by Gasteiger charge is 2.30. The molecule has 1 aliphatic rings. The molecule has 1 atom stereocenters. The summed E-state index contributed by atoms with van der Waals surface area (Å²) in [5, 5.41) is 0. The molecular weight excluding hydrogens is 216 g/mol. The number of rotatable bonds is 4. The number of carbonyl (C=O) groups is 1. The van der Waals surface area contributed by atoms with E-state index in [-0.39, 0.29) is 12.2 Å². The van der Waals surface area contributed by atoms with Gasteiger partial charge in [0, 0.05) is 6.54 Å². The lowest BCUT2D eigenvalue weighted by molar-refractivity contribution is 0.129. The molecule has 0 spiro atoms. The van der Waals surface area contributed by atoms with Gasteiger partial charge < -0.3 is 15.4 Å². The highest BCUT2D eigenvalue weighted by molar-refractivity contribution is 5.69. The minimum absolute atomic E-state index is 0.0436.